The van der Waals surface area contributed by atoms with E-state index in [1.807, 2.05) is 20.8 Å². The monoisotopic (exact) mass is 812 g/mol. The van der Waals surface area contributed by atoms with Crippen LogP contribution < -0.4 is 43.8 Å². The van der Waals surface area contributed by atoms with Crippen molar-refractivity contribution in [3.05, 3.63) is 71.9 Å². The van der Waals surface area contributed by atoms with Gasteiger partial charge in [-0.05, 0) is 36.5 Å². The smallest absolute Gasteiger partial charge is 0.320 e. The van der Waals surface area contributed by atoms with Crippen LogP contribution in [-0.2, 0) is 44.8 Å². The third-order valence-corrected chi connectivity index (χ3v) is 8.78. The minimum absolute atomic E-state index is 0.00933. The molecule has 318 valence electrons. The maximum atomic E-state index is 13.8. The van der Waals surface area contributed by atoms with Crippen molar-refractivity contribution >= 4 is 47.3 Å². The Morgan fingerprint density at radius 1 is 0.759 bits per heavy atom. The summed E-state index contributed by atoms with van der Waals surface area (Å²) in [6, 6.07) is -2.11. The van der Waals surface area contributed by atoms with E-state index in [2.05, 4.69) is 32.3 Å². The minimum atomic E-state index is -1.74. The topological polar surface area (TPSA) is 337 Å². The Balaban J connectivity index is 2.35. The summed E-state index contributed by atoms with van der Waals surface area (Å²) in [5.41, 5.74) is 15.5. The van der Waals surface area contributed by atoms with Gasteiger partial charge in [0.1, 0.15) is 36.0 Å². The molecule has 1 aliphatic carbocycles. The van der Waals surface area contributed by atoms with Gasteiger partial charge in [-0.3, -0.25) is 38.4 Å². The van der Waals surface area contributed by atoms with Crippen molar-refractivity contribution < 1.29 is 59.4 Å². The fraction of sp³-hybridized carbons (Fsp3) is 0.462. The number of carboxylic acids is 1. The van der Waals surface area contributed by atoms with Gasteiger partial charge >= 0.3 is 5.97 Å². The molecule has 0 unspecified atom stereocenters. The molecule has 2 rings (SSSR count). The number of carboxylic acid groups (broad SMARTS) is 1. The molecule has 0 fully saturated rings. The summed E-state index contributed by atoms with van der Waals surface area (Å²) in [4.78, 5) is 104. The molecular weight excluding hydrogens is 756 g/mol. The highest BCUT2D eigenvalue weighted by atomic mass is 16.4. The molecule has 6 atom stereocenters. The van der Waals surface area contributed by atoms with Crippen LogP contribution >= 0.6 is 0 Å². The lowest BCUT2D eigenvalue weighted by Crippen LogP contribution is -2.69. The predicted octanol–water partition coefficient (Wildman–Crippen LogP) is -1.43. The Labute approximate surface area is 336 Å². The number of carbonyl (C=O) groups excluding carboxylic acids is 7. The molecule has 0 heterocycles. The van der Waals surface area contributed by atoms with Gasteiger partial charge in [0.15, 0.2) is 6.04 Å². The highest BCUT2D eigenvalue weighted by molar-refractivity contribution is 5.98. The summed E-state index contributed by atoms with van der Waals surface area (Å²) in [6.45, 7) is 5.68. The molecule has 19 nitrogen and oxygen atoms in total. The van der Waals surface area contributed by atoms with Crippen LogP contribution in [0.25, 0.3) is 0 Å². The van der Waals surface area contributed by atoms with Gasteiger partial charge < -0.3 is 59.1 Å². The highest BCUT2D eigenvalue weighted by Crippen LogP contribution is 2.15. The summed E-state index contributed by atoms with van der Waals surface area (Å²) in [5.74, 6) is -7.60. The first-order valence-electron chi connectivity index (χ1n) is 18.9. The Morgan fingerprint density at radius 2 is 1.31 bits per heavy atom. The summed E-state index contributed by atoms with van der Waals surface area (Å²) < 4.78 is 0. The number of hydrogen-bond donors (Lipinski definition) is 11. The van der Waals surface area contributed by atoms with Crippen molar-refractivity contribution in [2.75, 3.05) is 0 Å². The average molecular weight is 813 g/mol. The Morgan fingerprint density at radius 3 is 1.83 bits per heavy atom. The van der Waals surface area contributed by atoms with E-state index < -0.39 is 96.4 Å². The van der Waals surface area contributed by atoms with Crippen molar-refractivity contribution in [2.45, 2.75) is 108 Å². The molecule has 0 radical (unpaired) electrons. The molecule has 58 heavy (non-hydrogen) atoms. The van der Waals surface area contributed by atoms with Crippen LogP contribution in [-0.4, -0.2) is 98.9 Å². The van der Waals surface area contributed by atoms with Gasteiger partial charge in [0.25, 0.3) is 5.91 Å². The fourth-order valence-corrected chi connectivity index (χ4v) is 5.71. The van der Waals surface area contributed by atoms with Crippen LogP contribution in [0.4, 0.5) is 0 Å². The zero-order valence-electron chi connectivity index (χ0n) is 32.9. The first-order chi connectivity index (χ1) is 27.3. The number of benzene rings is 1. The number of quaternary nitrogens is 1. The summed E-state index contributed by atoms with van der Waals surface area (Å²) in [7, 11) is 0. The van der Waals surface area contributed by atoms with Crippen molar-refractivity contribution in [3.63, 3.8) is 0 Å². The lowest BCUT2D eigenvalue weighted by molar-refractivity contribution is -0.406. The van der Waals surface area contributed by atoms with Crippen molar-refractivity contribution in [3.8, 4) is 5.75 Å². The van der Waals surface area contributed by atoms with E-state index in [0.29, 0.717) is 30.4 Å². The first kappa shape index (κ1) is 47.8. The lowest BCUT2D eigenvalue weighted by atomic mass is 10.0. The van der Waals surface area contributed by atoms with Crippen molar-refractivity contribution in [1.82, 2.24) is 26.6 Å². The normalized spacial score (nSPS) is 15.9. The molecule has 7 amide bonds. The van der Waals surface area contributed by atoms with E-state index in [9.17, 15) is 53.7 Å². The standard InChI is InChI=1S/C39H55N8O11/c1-4-5-6-27(43-37(55)29(18-22-7-11-24(48)12-8-22)45-34(52)26(40)17-21(2)3)35(53)44-28(15-16-32(41)50)36(54)46-30(20-33(42)51)38(56)47-31(39(57)58)19-23-9-13-25(49)14-10-23/h7-14,19,21,26-31,48-49H,4-6,15-18,20,40H2,1-3H3,(H2,41,50)(H2,42,51)(H,43,55)(H,44,53)(H,45,52)(H,46,54)(H,47,56)(H,57,58)/q-1/p+1/t26-,27-,28-,29-,30-,31-/m0/s1. The quantitative estimate of drug-likeness (QED) is 0.0538. The Bertz CT molecular complexity index is 1740. The lowest BCUT2D eigenvalue weighted by Gasteiger charge is -2.27. The number of hydrogen-bond acceptors (Lipinski definition) is 10. The van der Waals surface area contributed by atoms with Crippen molar-refractivity contribution in [1.29, 1.82) is 0 Å². The first-order valence-corrected chi connectivity index (χ1v) is 18.9. The van der Waals surface area contributed by atoms with E-state index in [0.717, 1.165) is 6.08 Å². The van der Waals surface area contributed by atoms with Gasteiger partial charge in [0, 0.05) is 25.0 Å². The summed E-state index contributed by atoms with van der Waals surface area (Å²) in [5, 5.41) is 41.4. The molecule has 19 heteroatoms. The number of allylic oxidation sites excluding steroid dienone is 4. The SMILES string of the molecule is CCCC[C@H](NC(=O)[C@H](Cc1ccc(O)cc1)NC(=O)[C@@H]([NH3+])CC(C)C)C(=O)N[C@@H](CCC(N)=O)C(=O)N[C@@H](CC(N)=O)C(=O)N[C@@H](/C=C1/C=CC(O)=C[CH-]1)C(=O)O. The number of nitrogens with two attached hydrogens (primary N) is 2. The van der Waals surface area contributed by atoms with E-state index in [-0.39, 0.29) is 36.7 Å². The third kappa shape index (κ3) is 17.2. The largest absolute Gasteiger partial charge is 0.551 e. The number of phenolic OH excluding ortho intramolecular Hbond substituents is 1. The number of phenols is 1. The molecule has 1 aromatic carbocycles. The molecule has 15 N–H and O–H groups in total. The second-order valence-corrected chi connectivity index (χ2v) is 14.3. The van der Waals surface area contributed by atoms with Gasteiger partial charge in [-0.15, -0.1) is 36.3 Å². The molecule has 0 aromatic heterocycles. The van der Waals surface area contributed by atoms with Crippen molar-refractivity contribution in [2.24, 2.45) is 17.4 Å². The van der Waals surface area contributed by atoms with Gasteiger partial charge in [0.2, 0.25) is 35.4 Å². The van der Waals surface area contributed by atoms with Crippen LogP contribution in [0.1, 0.15) is 71.3 Å². The highest BCUT2D eigenvalue weighted by Gasteiger charge is 2.33. The Hall–Kier alpha value is -6.37. The maximum Gasteiger partial charge on any atom is 0.320 e. The molecule has 0 spiro atoms. The zero-order valence-corrected chi connectivity index (χ0v) is 32.9. The van der Waals surface area contributed by atoms with Crippen LogP contribution in [0.5, 0.6) is 5.75 Å². The number of aliphatic carboxylic acids is 1. The van der Waals surface area contributed by atoms with Crippen LogP contribution in [0.3, 0.4) is 0 Å². The molecular formula is C39H56N8O11. The van der Waals surface area contributed by atoms with Gasteiger partial charge in [-0.2, -0.15) is 0 Å². The number of aliphatic hydroxyl groups excluding tert-OH is 1. The van der Waals surface area contributed by atoms with Gasteiger partial charge in [0.05, 0.1) is 6.42 Å². The van der Waals surface area contributed by atoms with Gasteiger partial charge in [-0.1, -0.05) is 45.7 Å². The zero-order chi connectivity index (χ0) is 43.5. The molecule has 0 saturated heterocycles. The number of nitrogens with one attached hydrogen (secondary N) is 5. The number of carbonyl (C=O) groups is 8. The average Bonchev–Trinajstić information content (AvgIpc) is 3.14. The van der Waals surface area contributed by atoms with Gasteiger partial charge in [-0.25, -0.2) is 0 Å². The summed E-state index contributed by atoms with van der Waals surface area (Å²) >= 11 is 0. The van der Waals surface area contributed by atoms with E-state index in [4.69, 9.17) is 11.5 Å². The van der Waals surface area contributed by atoms with Crippen LogP contribution in [0.2, 0.25) is 0 Å². The molecule has 1 aliphatic rings. The van der Waals surface area contributed by atoms with Crippen LogP contribution in [0.15, 0.2) is 59.9 Å². The summed E-state index contributed by atoms with van der Waals surface area (Å²) in [6.07, 6.45) is 6.49. The molecule has 0 aliphatic heterocycles. The van der Waals surface area contributed by atoms with E-state index in [1.54, 1.807) is 12.1 Å². The number of aromatic hydroxyl groups is 1. The number of amides is 7. The Kier molecular flexibility index (Phi) is 19.5. The fourth-order valence-electron chi connectivity index (χ4n) is 5.71. The third-order valence-electron chi connectivity index (χ3n) is 8.78. The number of aliphatic hydroxyl groups is 1. The molecule has 1 aromatic rings. The van der Waals surface area contributed by atoms with E-state index >= 15 is 0 Å². The van der Waals surface area contributed by atoms with E-state index in [1.165, 1.54) is 36.8 Å². The number of primary amides is 2. The maximum absolute atomic E-state index is 13.8. The number of rotatable bonds is 24. The second kappa shape index (κ2) is 23.6. The predicted molar refractivity (Wildman–Crippen MR) is 209 cm³/mol. The molecule has 0 saturated carbocycles. The minimum Gasteiger partial charge on any atom is -0.551 e. The second-order valence-electron chi connectivity index (χ2n) is 14.3. The van der Waals surface area contributed by atoms with Crippen LogP contribution in [0, 0.1) is 12.3 Å². The number of unbranched alkanes of at least 4 members (excludes halogenated alkanes) is 1. The molecule has 0 bridgehead atoms.